The lowest BCUT2D eigenvalue weighted by Crippen LogP contribution is -2.89. The zero-order chi connectivity index (χ0) is 14.5. The lowest BCUT2D eigenvalue weighted by atomic mass is 10.1. The third-order valence-electron chi connectivity index (χ3n) is 3.41. The fourth-order valence-corrected chi connectivity index (χ4v) is 2.76. The molecule has 0 spiro atoms. The molecule has 0 saturated carbocycles. The van der Waals surface area contributed by atoms with Crippen LogP contribution < -0.4 is 10.6 Å². The second-order valence-corrected chi connectivity index (χ2v) is 5.83. The summed E-state index contributed by atoms with van der Waals surface area (Å²) < 4.78 is 0. The van der Waals surface area contributed by atoms with Crippen LogP contribution in [0.3, 0.4) is 0 Å². The van der Waals surface area contributed by atoms with Crippen molar-refractivity contribution < 1.29 is 10.6 Å². The topological polar surface area (TPSA) is 33.2 Å². The van der Waals surface area contributed by atoms with Crippen molar-refractivity contribution in [2.24, 2.45) is 0 Å². The van der Waals surface area contributed by atoms with E-state index in [1.807, 2.05) is 0 Å². The number of hydrogen-bond acceptors (Lipinski definition) is 0. The number of rotatable bonds is 5. The van der Waals surface area contributed by atoms with Crippen molar-refractivity contribution in [3.63, 3.8) is 0 Å². The van der Waals surface area contributed by atoms with Crippen molar-refractivity contribution in [3.05, 3.63) is 58.7 Å². The molecule has 0 heterocycles. The summed E-state index contributed by atoms with van der Waals surface area (Å²) in [4.78, 5) is 0. The largest absolute Gasteiger partial charge is 0.309 e. The Morgan fingerprint density at radius 2 is 0.850 bits per heavy atom. The molecule has 2 nitrogen and oxygen atoms in total. The molecular formula is C18H26N2+2. The summed E-state index contributed by atoms with van der Waals surface area (Å²) >= 11 is 0. The summed E-state index contributed by atoms with van der Waals surface area (Å²) in [6, 6.07) is 13.5. The van der Waals surface area contributed by atoms with Crippen molar-refractivity contribution in [2.45, 2.75) is 27.7 Å². The van der Waals surface area contributed by atoms with E-state index < -0.39 is 0 Å². The Kier molecular flexibility index (Phi) is 4.94. The van der Waals surface area contributed by atoms with Crippen LogP contribution in [0.5, 0.6) is 0 Å². The van der Waals surface area contributed by atoms with Gasteiger partial charge in [0.2, 0.25) is 0 Å². The number of hydrogen-bond donors (Lipinski definition) is 2. The molecule has 0 saturated heterocycles. The van der Waals surface area contributed by atoms with E-state index in [1.165, 1.54) is 33.6 Å². The Morgan fingerprint density at radius 3 is 1.15 bits per heavy atom. The first kappa shape index (κ1) is 14.8. The SMILES string of the molecule is Cc1cc(C)cc([NH2+]CC[NH2+]c2cc(C)cc(C)c2)c1. The van der Waals surface area contributed by atoms with Gasteiger partial charge in [0.25, 0.3) is 0 Å². The van der Waals surface area contributed by atoms with Crippen LogP contribution in [0, 0.1) is 27.7 Å². The van der Waals surface area contributed by atoms with Crippen LogP contribution in [0.25, 0.3) is 0 Å². The average Bonchev–Trinajstić information content (AvgIpc) is 2.32. The van der Waals surface area contributed by atoms with Crippen LogP contribution >= 0.6 is 0 Å². The summed E-state index contributed by atoms with van der Waals surface area (Å²) in [6.07, 6.45) is 0. The van der Waals surface area contributed by atoms with Gasteiger partial charge < -0.3 is 10.6 Å². The van der Waals surface area contributed by atoms with Crippen LogP contribution in [0.2, 0.25) is 0 Å². The Bertz CT molecular complexity index is 494. The van der Waals surface area contributed by atoms with Gasteiger partial charge in [-0.3, -0.25) is 0 Å². The quantitative estimate of drug-likeness (QED) is 0.615. The predicted octanol–water partition coefficient (Wildman–Crippen LogP) is 2.01. The van der Waals surface area contributed by atoms with E-state index in [-0.39, 0.29) is 0 Å². The number of nitrogens with two attached hydrogens (primary N) is 2. The molecule has 0 unspecified atom stereocenters. The standard InChI is InChI=1S/C18H24N2/c1-13-7-14(2)10-17(9-13)19-5-6-20-18-11-15(3)8-16(4)12-18/h7-12,19-20H,5-6H2,1-4H3/p+2. The third kappa shape index (κ3) is 4.48. The molecule has 0 atom stereocenters. The minimum absolute atomic E-state index is 1.09. The first-order chi connectivity index (χ1) is 9.52. The third-order valence-corrected chi connectivity index (χ3v) is 3.41. The van der Waals surface area contributed by atoms with E-state index in [0.717, 1.165) is 13.1 Å². The van der Waals surface area contributed by atoms with Crippen LogP contribution in [0.4, 0.5) is 11.4 Å². The summed E-state index contributed by atoms with van der Waals surface area (Å²) in [5.41, 5.74) is 8.06. The highest BCUT2D eigenvalue weighted by Gasteiger charge is 2.02. The molecule has 0 bridgehead atoms. The van der Waals surface area contributed by atoms with E-state index in [1.54, 1.807) is 0 Å². The second kappa shape index (κ2) is 6.69. The van der Waals surface area contributed by atoms with Gasteiger partial charge in [0.15, 0.2) is 0 Å². The van der Waals surface area contributed by atoms with Gasteiger partial charge in [-0.05, 0) is 49.9 Å². The van der Waals surface area contributed by atoms with Crippen molar-refractivity contribution in [2.75, 3.05) is 13.1 Å². The number of quaternary nitrogens is 2. The molecule has 106 valence electrons. The highest BCUT2D eigenvalue weighted by molar-refractivity contribution is 5.38. The van der Waals surface area contributed by atoms with E-state index in [0.29, 0.717) is 0 Å². The van der Waals surface area contributed by atoms with E-state index in [2.05, 4.69) is 74.7 Å². The fourth-order valence-electron chi connectivity index (χ4n) is 2.76. The molecule has 2 rings (SSSR count). The van der Waals surface area contributed by atoms with E-state index in [4.69, 9.17) is 0 Å². The fraction of sp³-hybridized carbons (Fsp3) is 0.333. The average molecular weight is 270 g/mol. The molecule has 0 aliphatic rings. The lowest BCUT2D eigenvalue weighted by molar-refractivity contribution is -0.646. The molecule has 0 amide bonds. The highest BCUT2D eigenvalue weighted by atomic mass is 14.9. The maximum Gasteiger partial charge on any atom is 0.130 e. The molecule has 0 radical (unpaired) electrons. The van der Waals surface area contributed by atoms with Gasteiger partial charge in [-0.2, -0.15) is 0 Å². The molecule has 20 heavy (non-hydrogen) atoms. The van der Waals surface area contributed by atoms with Crippen LogP contribution in [0.15, 0.2) is 36.4 Å². The molecule has 2 aromatic rings. The molecule has 4 N–H and O–H groups in total. The molecule has 2 aromatic carbocycles. The first-order valence-electron chi connectivity index (χ1n) is 7.36. The Hall–Kier alpha value is -1.64. The predicted molar refractivity (Wildman–Crippen MR) is 84.7 cm³/mol. The minimum atomic E-state index is 1.09. The summed E-state index contributed by atoms with van der Waals surface area (Å²) in [7, 11) is 0. The van der Waals surface area contributed by atoms with Gasteiger partial charge in [-0.25, -0.2) is 0 Å². The van der Waals surface area contributed by atoms with Crippen molar-refractivity contribution >= 4 is 11.4 Å². The van der Waals surface area contributed by atoms with Gasteiger partial charge in [-0.1, -0.05) is 12.1 Å². The van der Waals surface area contributed by atoms with E-state index >= 15 is 0 Å². The molecule has 0 aliphatic heterocycles. The maximum atomic E-state index is 2.33. The molecule has 2 heteroatoms. The zero-order valence-corrected chi connectivity index (χ0v) is 13.0. The van der Waals surface area contributed by atoms with Gasteiger partial charge in [0.05, 0.1) is 0 Å². The summed E-state index contributed by atoms with van der Waals surface area (Å²) in [5, 5.41) is 4.66. The number of aryl methyl sites for hydroxylation is 4. The molecule has 0 aromatic heterocycles. The first-order valence-corrected chi connectivity index (χ1v) is 7.36. The Labute approximate surface area is 122 Å². The minimum Gasteiger partial charge on any atom is -0.309 e. The maximum absolute atomic E-state index is 2.33. The van der Waals surface area contributed by atoms with E-state index in [9.17, 15) is 0 Å². The lowest BCUT2D eigenvalue weighted by Gasteiger charge is -2.05. The molecular weight excluding hydrogens is 244 g/mol. The van der Waals surface area contributed by atoms with Gasteiger partial charge in [0, 0.05) is 24.3 Å². The van der Waals surface area contributed by atoms with Gasteiger partial charge in [0.1, 0.15) is 24.5 Å². The normalized spacial score (nSPS) is 10.8. The summed E-state index contributed by atoms with van der Waals surface area (Å²) in [5.74, 6) is 0. The highest BCUT2D eigenvalue weighted by Crippen LogP contribution is 2.09. The molecule has 0 fully saturated rings. The van der Waals surface area contributed by atoms with Crippen LogP contribution in [-0.2, 0) is 0 Å². The van der Waals surface area contributed by atoms with Crippen molar-refractivity contribution in [3.8, 4) is 0 Å². The zero-order valence-electron chi connectivity index (χ0n) is 13.0. The van der Waals surface area contributed by atoms with Crippen LogP contribution in [0.1, 0.15) is 22.3 Å². The summed E-state index contributed by atoms with van der Waals surface area (Å²) in [6.45, 7) is 10.8. The number of benzene rings is 2. The second-order valence-electron chi connectivity index (χ2n) is 5.83. The van der Waals surface area contributed by atoms with Crippen molar-refractivity contribution in [1.29, 1.82) is 0 Å². The Balaban J connectivity index is 1.84. The Morgan fingerprint density at radius 1 is 0.550 bits per heavy atom. The van der Waals surface area contributed by atoms with Crippen molar-refractivity contribution in [1.82, 2.24) is 0 Å². The molecule has 0 aliphatic carbocycles. The van der Waals surface area contributed by atoms with Crippen LogP contribution in [-0.4, -0.2) is 13.1 Å². The monoisotopic (exact) mass is 270 g/mol. The van der Waals surface area contributed by atoms with Gasteiger partial charge >= 0.3 is 0 Å². The van der Waals surface area contributed by atoms with Gasteiger partial charge in [-0.15, -0.1) is 0 Å². The smallest absolute Gasteiger partial charge is 0.130 e.